The first-order valence-electron chi connectivity index (χ1n) is 14.9. The first kappa shape index (κ1) is 33.6. The van der Waals surface area contributed by atoms with Crippen LogP contribution < -0.4 is 20.7 Å². The summed E-state index contributed by atoms with van der Waals surface area (Å²) < 4.78 is 5.29. The Bertz CT molecular complexity index is 1330. The largest absolute Gasteiger partial charge is 0.508 e. The van der Waals surface area contributed by atoms with Gasteiger partial charge in [0.15, 0.2) is 0 Å². The Morgan fingerprint density at radius 3 is 2.35 bits per heavy atom. The van der Waals surface area contributed by atoms with Crippen LogP contribution in [0.3, 0.4) is 0 Å². The molecule has 0 aliphatic rings. The van der Waals surface area contributed by atoms with Gasteiger partial charge in [0.05, 0.1) is 19.3 Å². The maximum absolute atomic E-state index is 13.9. The Hall–Kier alpha value is -3.92. The van der Waals surface area contributed by atoms with Gasteiger partial charge in [0.25, 0.3) is 11.8 Å². The van der Waals surface area contributed by atoms with Crippen LogP contribution in [-0.2, 0) is 19.4 Å². The van der Waals surface area contributed by atoms with Crippen molar-refractivity contribution in [2.45, 2.75) is 64.6 Å². The van der Waals surface area contributed by atoms with Crippen molar-refractivity contribution in [2.24, 2.45) is 0 Å². The summed E-state index contributed by atoms with van der Waals surface area (Å²) in [4.78, 5) is 27.0. The van der Waals surface area contributed by atoms with E-state index in [2.05, 4.69) is 16.0 Å². The number of nitrogens with one attached hydrogen (secondary N) is 3. The zero-order chi connectivity index (χ0) is 31.2. The summed E-state index contributed by atoms with van der Waals surface area (Å²) >= 11 is 0. The predicted octanol–water partition coefficient (Wildman–Crippen LogP) is 3.66. The second kappa shape index (κ2) is 17.3. The van der Waals surface area contributed by atoms with Crippen molar-refractivity contribution in [3.8, 4) is 11.5 Å². The van der Waals surface area contributed by atoms with Crippen LogP contribution in [0.25, 0.3) is 0 Å². The van der Waals surface area contributed by atoms with Crippen LogP contribution in [0.15, 0.2) is 60.7 Å². The number of carbonyl (C=O) groups excluding carboxylic acids is 2. The molecule has 3 aromatic carbocycles. The number of phenols is 1. The Morgan fingerprint density at radius 2 is 1.67 bits per heavy atom. The van der Waals surface area contributed by atoms with Gasteiger partial charge in [-0.15, -0.1) is 0 Å². The van der Waals surface area contributed by atoms with Crippen LogP contribution in [0.1, 0.15) is 69.2 Å². The molecule has 0 aliphatic carbocycles. The molecule has 3 aromatic rings. The van der Waals surface area contributed by atoms with Crippen LogP contribution in [0.5, 0.6) is 11.5 Å². The van der Waals surface area contributed by atoms with E-state index in [0.717, 1.165) is 28.9 Å². The number of aliphatic hydroxyl groups excluding tert-OH is 2. The first-order valence-corrected chi connectivity index (χ1v) is 14.9. The van der Waals surface area contributed by atoms with Crippen LogP contribution in [0.4, 0.5) is 0 Å². The van der Waals surface area contributed by atoms with E-state index in [4.69, 9.17) is 4.74 Å². The highest BCUT2D eigenvalue weighted by atomic mass is 16.5. The third-order valence-electron chi connectivity index (χ3n) is 7.24. The minimum Gasteiger partial charge on any atom is -0.508 e. The lowest BCUT2D eigenvalue weighted by atomic mass is 9.92. The van der Waals surface area contributed by atoms with Gasteiger partial charge in [-0.1, -0.05) is 31.2 Å². The van der Waals surface area contributed by atoms with Gasteiger partial charge < -0.3 is 36.0 Å². The molecule has 6 N–H and O–H groups in total. The van der Waals surface area contributed by atoms with E-state index < -0.39 is 12.1 Å². The zero-order valence-corrected chi connectivity index (χ0v) is 25.4. The quantitative estimate of drug-likeness (QED) is 0.132. The second-order valence-corrected chi connectivity index (χ2v) is 10.8. The normalized spacial score (nSPS) is 12.4. The summed E-state index contributed by atoms with van der Waals surface area (Å²) in [6.45, 7) is 5.07. The van der Waals surface area contributed by atoms with Gasteiger partial charge in [-0.05, 0) is 97.7 Å². The molecule has 9 heteroatoms. The topological polar surface area (TPSA) is 140 Å². The first-order chi connectivity index (χ1) is 20.7. The monoisotopic (exact) mass is 591 g/mol. The van der Waals surface area contributed by atoms with E-state index in [0.29, 0.717) is 55.5 Å². The number of hydrogen-bond acceptors (Lipinski definition) is 7. The van der Waals surface area contributed by atoms with Crippen LogP contribution in [0.2, 0.25) is 0 Å². The number of phenolic OH excluding ortho intramolecular Hbond substituents is 1. The van der Waals surface area contributed by atoms with Gasteiger partial charge >= 0.3 is 0 Å². The summed E-state index contributed by atoms with van der Waals surface area (Å²) in [6, 6.07) is 17.2. The number of aryl methyl sites for hydroxylation is 1. The Labute approximate surface area is 254 Å². The van der Waals surface area contributed by atoms with Crippen LogP contribution in [0, 0.1) is 6.92 Å². The molecule has 232 valence electrons. The fraction of sp³-hybridized carbons (Fsp3) is 0.412. The molecule has 0 radical (unpaired) electrons. The van der Waals surface area contributed by atoms with E-state index in [1.54, 1.807) is 43.5 Å². The molecule has 3 rings (SSSR count). The van der Waals surface area contributed by atoms with Gasteiger partial charge in [-0.2, -0.15) is 0 Å². The maximum Gasteiger partial charge on any atom is 0.251 e. The minimum atomic E-state index is -0.946. The number of aliphatic hydroxyl groups is 2. The molecule has 2 atom stereocenters. The molecule has 1 unspecified atom stereocenters. The SMILES string of the molecule is CCCNC(=O)c1cc(C)cc(C(=O)N[C@@H](Cc2ccc(O)cc2)C(O)CNCc2cccc(OC)c2)c1CCCCO. The van der Waals surface area contributed by atoms with Crippen molar-refractivity contribution >= 4 is 11.8 Å². The highest BCUT2D eigenvalue weighted by molar-refractivity contribution is 6.02. The van der Waals surface area contributed by atoms with Crippen molar-refractivity contribution in [1.82, 2.24) is 16.0 Å². The lowest BCUT2D eigenvalue weighted by Crippen LogP contribution is -2.49. The van der Waals surface area contributed by atoms with Crippen molar-refractivity contribution in [2.75, 3.05) is 26.8 Å². The number of rotatable bonds is 17. The lowest BCUT2D eigenvalue weighted by molar-refractivity contribution is 0.0829. The Morgan fingerprint density at radius 1 is 0.953 bits per heavy atom. The molecule has 0 saturated heterocycles. The molecule has 0 heterocycles. The molecule has 0 saturated carbocycles. The van der Waals surface area contributed by atoms with Gasteiger partial charge in [0, 0.05) is 37.4 Å². The zero-order valence-electron chi connectivity index (χ0n) is 25.4. The molecule has 0 fully saturated rings. The maximum atomic E-state index is 13.9. The van der Waals surface area contributed by atoms with Gasteiger partial charge in [-0.25, -0.2) is 0 Å². The fourth-order valence-corrected chi connectivity index (χ4v) is 4.94. The molecule has 0 aliphatic heterocycles. The number of benzene rings is 3. The number of hydrogen-bond donors (Lipinski definition) is 6. The average molecular weight is 592 g/mol. The minimum absolute atomic E-state index is 0.0222. The van der Waals surface area contributed by atoms with E-state index in [-0.39, 0.29) is 30.7 Å². The summed E-state index contributed by atoms with van der Waals surface area (Å²) in [5.74, 6) is 0.253. The van der Waals surface area contributed by atoms with Crippen molar-refractivity contribution < 1.29 is 29.6 Å². The van der Waals surface area contributed by atoms with E-state index in [1.807, 2.05) is 38.1 Å². The third-order valence-corrected chi connectivity index (χ3v) is 7.24. The molecule has 43 heavy (non-hydrogen) atoms. The number of carbonyl (C=O) groups is 2. The highest BCUT2D eigenvalue weighted by Crippen LogP contribution is 2.22. The second-order valence-electron chi connectivity index (χ2n) is 10.8. The summed E-state index contributed by atoms with van der Waals surface area (Å²) in [5.41, 5.74) is 4.06. The number of ether oxygens (including phenoxy) is 1. The van der Waals surface area contributed by atoms with Crippen LogP contribution >= 0.6 is 0 Å². The Kier molecular flexibility index (Phi) is 13.5. The van der Waals surface area contributed by atoms with Crippen molar-refractivity contribution in [3.05, 3.63) is 94.0 Å². The molecular weight excluding hydrogens is 546 g/mol. The molecule has 0 bridgehead atoms. The summed E-state index contributed by atoms with van der Waals surface area (Å²) in [6.07, 6.45) is 1.77. The van der Waals surface area contributed by atoms with Crippen LogP contribution in [-0.4, -0.2) is 66.1 Å². The van der Waals surface area contributed by atoms with E-state index in [1.165, 1.54) is 0 Å². The number of amides is 2. The predicted molar refractivity (Wildman–Crippen MR) is 168 cm³/mol. The van der Waals surface area contributed by atoms with E-state index in [9.17, 15) is 24.9 Å². The molecule has 9 nitrogen and oxygen atoms in total. The van der Waals surface area contributed by atoms with Gasteiger partial charge in [-0.3, -0.25) is 9.59 Å². The molecule has 0 aromatic heterocycles. The third kappa shape index (κ3) is 10.4. The van der Waals surface area contributed by atoms with Crippen molar-refractivity contribution in [3.63, 3.8) is 0 Å². The molecular formula is C34H45N3O6. The molecule has 2 amide bonds. The van der Waals surface area contributed by atoms with Crippen molar-refractivity contribution in [1.29, 1.82) is 0 Å². The number of methoxy groups -OCH3 is 1. The summed E-state index contributed by atoms with van der Waals surface area (Å²) in [5, 5.41) is 39.6. The Balaban J connectivity index is 1.86. The molecule has 0 spiro atoms. The smallest absolute Gasteiger partial charge is 0.251 e. The number of unbranched alkanes of at least 4 members (excludes halogenated alkanes) is 1. The standard InChI is InChI=1S/C34H45N3O6/c1-4-15-36-33(41)29-17-23(2)18-30(28(29)10-5-6-16-38)34(42)37-31(20-24-11-13-26(39)14-12-24)32(40)22-35-21-25-8-7-9-27(19-25)43-3/h7-9,11-14,17-19,31-32,35,38-40H,4-6,10,15-16,20-22H2,1-3H3,(H,36,41)(H,37,42)/t31-,32?/m0/s1. The van der Waals surface area contributed by atoms with Gasteiger partial charge in [0.2, 0.25) is 0 Å². The average Bonchev–Trinajstić information content (AvgIpc) is 3.01. The summed E-state index contributed by atoms with van der Waals surface area (Å²) in [7, 11) is 1.61. The number of aromatic hydroxyl groups is 1. The van der Waals surface area contributed by atoms with E-state index >= 15 is 0 Å². The highest BCUT2D eigenvalue weighted by Gasteiger charge is 2.26. The van der Waals surface area contributed by atoms with Gasteiger partial charge in [0.1, 0.15) is 11.5 Å². The lowest BCUT2D eigenvalue weighted by Gasteiger charge is -2.26. The fourth-order valence-electron chi connectivity index (χ4n) is 4.94.